The Bertz CT molecular complexity index is 473. The number of carbonyl (C=O) groups excluding carboxylic acids is 1. The second-order valence-corrected chi connectivity index (χ2v) is 6.27. The van der Waals surface area contributed by atoms with Crippen molar-refractivity contribution in [3.63, 3.8) is 0 Å². The van der Waals surface area contributed by atoms with Crippen molar-refractivity contribution in [3.05, 3.63) is 30.1 Å². The summed E-state index contributed by atoms with van der Waals surface area (Å²) in [5.74, 6) is 0.362. The minimum atomic E-state index is -0.708. The van der Waals surface area contributed by atoms with E-state index in [1.54, 1.807) is 33.2 Å². The smallest absolute Gasteiger partial charge is 0.427 e. The predicted octanol–water partition coefficient (Wildman–Crippen LogP) is 2.41. The fourth-order valence-electron chi connectivity index (χ4n) is 2.39. The molecule has 116 valence electrons. The van der Waals surface area contributed by atoms with Crippen molar-refractivity contribution in [2.24, 2.45) is 5.73 Å². The summed E-state index contributed by atoms with van der Waals surface area (Å²) >= 11 is 0. The zero-order chi connectivity index (χ0) is 15.5. The molecule has 1 aliphatic rings. The van der Waals surface area contributed by atoms with Crippen molar-refractivity contribution in [1.29, 1.82) is 0 Å². The molecule has 1 saturated heterocycles. The first-order chi connectivity index (χ1) is 9.85. The summed E-state index contributed by atoms with van der Waals surface area (Å²) in [5.41, 5.74) is 6.74. The Morgan fingerprint density at radius 3 is 2.62 bits per heavy atom. The largest absolute Gasteiger partial charge is 0.528 e. The molecule has 2 heterocycles. The number of piperidine rings is 1. The van der Waals surface area contributed by atoms with E-state index in [9.17, 15) is 4.79 Å². The number of rotatable bonds is 2. The van der Waals surface area contributed by atoms with Gasteiger partial charge in [-0.3, -0.25) is 4.98 Å². The number of hydrogen-bond donors (Lipinski definition) is 1. The number of aromatic nitrogens is 1. The van der Waals surface area contributed by atoms with Crippen LogP contribution in [0, 0.1) is 0 Å². The summed E-state index contributed by atoms with van der Waals surface area (Å²) in [5, 5.41) is 1.51. The van der Waals surface area contributed by atoms with Crippen molar-refractivity contribution >= 4 is 6.16 Å². The van der Waals surface area contributed by atoms with E-state index in [1.165, 1.54) is 10.6 Å². The molecule has 1 fully saturated rings. The minimum Gasteiger partial charge on any atom is -0.427 e. The molecule has 1 aromatic rings. The first-order valence-corrected chi connectivity index (χ1v) is 7.18. The van der Waals surface area contributed by atoms with E-state index in [0.717, 1.165) is 12.8 Å². The number of hydroxylamine groups is 2. The van der Waals surface area contributed by atoms with Crippen LogP contribution in [0.25, 0.3) is 0 Å². The molecule has 0 amide bonds. The highest BCUT2D eigenvalue weighted by Gasteiger charge is 2.31. The fourth-order valence-corrected chi connectivity index (χ4v) is 2.39. The highest BCUT2D eigenvalue weighted by Crippen LogP contribution is 2.29. The van der Waals surface area contributed by atoms with Crippen LogP contribution in [0.3, 0.4) is 0 Å². The van der Waals surface area contributed by atoms with Gasteiger partial charge in [-0.05, 0) is 57.2 Å². The van der Waals surface area contributed by atoms with Crippen LogP contribution in [0.15, 0.2) is 24.5 Å². The van der Waals surface area contributed by atoms with Crippen molar-refractivity contribution < 1.29 is 14.4 Å². The zero-order valence-corrected chi connectivity index (χ0v) is 12.8. The number of ether oxygens (including phenoxy) is 1. The summed E-state index contributed by atoms with van der Waals surface area (Å²) in [6.07, 6.45) is 4.13. The maximum absolute atomic E-state index is 11.7. The van der Waals surface area contributed by atoms with Gasteiger partial charge in [-0.1, -0.05) is 0 Å². The van der Waals surface area contributed by atoms with Gasteiger partial charge in [0.05, 0.1) is 6.17 Å². The Morgan fingerprint density at radius 1 is 1.38 bits per heavy atom. The lowest BCUT2D eigenvalue weighted by molar-refractivity contribution is -0.177. The van der Waals surface area contributed by atoms with Gasteiger partial charge in [0.1, 0.15) is 5.60 Å². The van der Waals surface area contributed by atoms with Crippen LogP contribution in [-0.2, 0) is 9.57 Å². The molecule has 6 heteroatoms. The minimum absolute atomic E-state index is 0.329. The molecular formula is C15H23N3O3. The van der Waals surface area contributed by atoms with Gasteiger partial charge >= 0.3 is 6.16 Å². The lowest BCUT2D eigenvalue weighted by Gasteiger charge is -2.35. The van der Waals surface area contributed by atoms with Crippen molar-refractivity contribution in [2.75, 3.05) is 6.54 Å². The first kappa shape index (κ1) is 15.7. The molecule has 2 rings (SSSR count). The van der Waals surface area contributed by atoms with E-state index in [4.69, 9.17) is 15.3 Å². The normalized spacial score (nSPS) is 23.6. The third-order valence-corrected chi connectivity index (χ3v) is 3.35. The predicted molar refractivity (Wildman–Crippen MR) is 78.2 cm³/mol. The van der Waals surface area contributed by atoms with E-state index >= 15 is 0 Å². The Kier molecular flexibility index (Phi) is 4.80. The molecule has 1 aromatic heterocycles. The van der Waals surface area contributed by atoms with Gasteiger partial charge in [0, 0.05) is 18.9 Å². The molecule has 2 atom stereocenters. The first-order valence-electron chi connectivity index (χ1n) is 7.18. The number of nitrogens with zero attached hydrogens (tertiary/aromatic N) is 2. The van der Waals surface area contributed by atoms with Crippen LogP contribution in [0.4, 0.5) is 4.79 Å². The quantitative estimate of drug-likeness (QED) is 0.844. The van der Waals surface area contributed by atoms with Gasteiger partial charge in [-0.2, -0.15) is 0 Å². The average Bonchev–Trinajstić information content (AvgIpc) is 2.40. The second-order valence-electron chi connectivity index (χ2n) is 6.27. The van der Waals surface area contributed by atoms with Gasteiger partial charge in [-0.15, -0.1) is 5.06 Å². The zero-order valence-electron chi connectivity index (χ0n) is 12.8. The molecule has 0 aromatic carbocycles. The van der Waals surface area contributed by atoms with Gasteiger partial charge < -0.3 is 15.3 Å². The molecule has 0 aliphatic carbocycles. The summed E-state index contributed by atoms with van der Waals surface area (Å²) in [6.45, 7) is 5.98. The summed E-state index contributed by atoms with van der Waals surface area (Å²) in [7, 11) is 0. The molecule has 1 aliphatic heterocycles. The molecular weight excluding hydrogens is 270 g/mol. The van der Waals surface area contributed by atoms with Gasteiger partial charge in [0.2, 0.25) is 0 Å². The Balaban J connectivity index is 1.88. The standard InChI is InChI=1S/C15H23N3O3/c1-15(2,3)20-14(19)21-18-9-6-12(10-13(18)16)11-4-7-17-8-5-11/h4-5,7-8,12-13H,6,9-10,16H2,1-3H3. The van der Waals surface area contributed by atoms with Crippen LogP contribution >= 0.6 is 0 Å². The SMILES string of the molecule is CC(C)(C)OC(=O)ON1CCC(c2ccncc2)CC1N. The van der Waals surface area contributed by atoms with E-state index < -0.39 is 11.8 Å². The van der Waals surface area contributed by atoms with Gasteiger partial charge in [0.15, 0.2) is 0 Å². The van der Waals surface area contributed by atoms with Crippen molar-refractivity contribution in [2.45, 2.75) is 51.3 Å². The fraction of sp³-hybridized carbons (Fsp3) is 0.600. The molecule has 0 spiro atoms. The van der Waals surface area contributed by atoms with E-state index in [-0.39, 0.29) is 6.17 Å². The molecule has 2 N–H and O–H groups in total. The maximum atomic E-state index is 11.7. The Morgan fingerprint density at radius 2 is 2.05 bits per heavy atom. The lowest BCUT2D eigenvalue weighted by Crippen LogP contribution is -2.48. The highest BCUT2D eigenvalue weighted by atomic mass is 16.8. The second kappa shape index (κ2) is 6.41. The molecule has 0 saturated carbocycles. The van der Waals surface area contributed by atoms with E-state index in [2.05, 4.69) is 4.98 Å². The Hall–Kier alpha value is -1.66. The third-order valence-electron chi connectivity index (χ3n) is 3.35. The summed E-state index contributed by atoms with van der Waals surface area (Å²) < 4.78 is 5.13. The monoisotopic (exact) mass is 293 g/mol. The average molecular weight is 293 g/mol. The summed E-state index contributed by atoms with van der Waals surface area (Å²) in [6, 6.07) is 4.00. The molecule has 0 radical (unpaired) electrons. The van der Waals surface area contributed by atoms with E-state index in [0.29, 0.717) is 12.5 Å². The van der Waals surface area contributed by atoms with Crippen LogP contribution in [0.2, 0.25) is 0 Å². The van der Waals surface area contributed by atoms with Gasteiger partial charge in [0.25, 0.3) is 0 Å². The molecule has 0 bridgehead atoms. The number of pyridine rings is 1. The highest BCUT2D eigenvalue weighted by molar-refractivity contribution is 5.60. The van der Waals surface area contributed by atoms with Crippen molar-refractivity contribution in [3.8, 4) is 0 Å². The van der Waals surface area contributed by atoms with Crippen molar-refractivity contribution in [1.82, 2.24) is 10.0 Å². The number of nitrogens with two attached hydrogens (primary N) is 1. The lowest BCUT2D eigenvalue weighted by atomic mass is 9.89. The van der Waals surface area contributed by atoms with E-state index in [1.807, 2.05) is 12.1 Å². The Labute approximate surface area is 125 Å². The molecule has 2 unspecified atom stereocenters. The van der Waals surface area contributed by atoms with Crippen LogP contribution in [0.1, 0.15) is 45.1 Å². The van der Waals surface area contributed by atoms with Crippen LogP contribution in [0.5, 0.6) is 0 Å². The van der Waals surface area contributed by atoms with Gasteiger partial charge in [-0.25, -0.2) is 4.79 Å². The molecule has 21 heavy (non-hydrogen) atoms. The number of hydrogen-bond acceptors (Lipinski definition) is 6. The maximum Gasteiger partial charge on any atom is 0.528 e. The molecule has 6 nitrogen and oxygen atoms in total. The summed E-state index contributed by atoms with van der Waals surface area (Å²) in [4.78, 5) is 20.9. The topological polar surface area (TPSA) is 77.7 Å². The van der Waals surface area contributed by atoms with Crippen LogP contribution < -0.4 is 5.73 Å². The third kappa shape index (κ3) is 4.68. The van der Waals surface area contributed by atoms with Crippen LogP contribution in [-0.4, -0.2) is 34.5 Å². The number of carbonyl (C=O) groups is 1.